The Morgan fingerprint density at radius 2 is 1.85 bits per heavy atom. The van der Waals surface area contributed by atoms with Crippen molar-refractivity contribution in [1.82, 2.24) is 5.32 Å². The standard InChI is InChI=1S/C15H22ClN4O12PS/c1-34(29,30)32-10-8-18(7-5-16)12-4-3-11(19(22)23)13(14(12)20(24)25)15(21)17-6-2-9-31-33(26,27)28/h3-4H,2,5-10H2,1H3,(H,17,21)(H2,26,27,28). The summed E-state index contributed by atoms with van der Waals surface area (Å²) in [7, 11) is -8.54. The van der Waals surface area contributed by atoms with Crippen molar-refractivity contribution >= 4 is 52.5 Å². The molecule has 0 bridgehead atoms. The number of carbonyl (C=O) groups is 1. The molecule has 0 fully saturated rings. The topological polar surface area (TPSA) is 229 Å². The van der Waals surface area contributed by atoms with Crippen molar-refractivity contribution in [3.63, 3.8) is 0 Å². The molecule has 3 N–H and O–H groups in total. The smallest absolute Gasteiger partial charge is 0.362 e. The van der Waals surface area contributed by atoms with Crippen LogP contribution in [-0.2, 0) is 23.4 Å². The molecule has 0 saturated carbocycles. The largest absolute Gasteiger partial charge is 0.469 e. The molecular weight excluding hydrogens is 527 g/mol. The molecule has 1 aromatic carbocycles. The molecular formula is C15H22ClN4O12PS. The van der Waals surface area contributed by atoms with Crippen LogP contribution in [0.3, 0.4) is 0 Å². The Kier molecular flexibility index (Phi) is 11.2. The molecule has 16 nitrogen and oxygen atoms in total. The molecule has 0 heterocycles. The zero-order valence-corrected chi connectivity index (χ0v) is 20.1. The van der Waals surface area contributed by atoms with Crippen molar-refractivity contribution in [1.29, 1.82) is 0 Å². The van der Waals surface area contributed by atoms with Crippen molar-refractivity contribution in [2.75, 3.05) is 49.9 Å². The van der Waals surface area contributed by atoms with Gasteiger partial charge >= 0.3 is 13.5 Å². The fourth-order valence-electron chi connectivity index (χ4n) is 2.69. The molecule has 0 aromatic heterocycles. The summed E-state index contributed by atoms with van der Waals surface area (Å²) in [5.74, 6) is -1.25. The molecule has 0 spiro atoms. The molecule has 0 aliphatic carbocycles. The number of nitro benzene ring substituents is 2. The van der Waals surface area contributed by atoms with Gasteiger partial charge in [-0.15, -0.1) is 11.6 Å². The molecule has 0 unspecified atom stereocenters. The molecule has 1 amide bonds. The summed E-state index contributed by atoms with van der Waals surface area (Å²) < 4.78 is 41.9. The first-order valence-corrected chi connectivity index (χ1v) is 13.2. The third kappa shape index (κ3) is 9.84. The van der Waals surface area contributed by atoms with Gasteiger partial charge in [0.05, 0.1) is 29.3 Å². The maximum Gasteiger partial charge on any atom is 0.469 e. The Bertz CT molecular complexity index is 1060. The lowest BCUT2D eigenvalue weighted by Crippen LogP contribution is -2.32. The highest BCUT2D eigenvalue weighted by Gasteiger charge is 2.35. The number of nitro groups is 2. The lowest BCUT2D eigenvalue weighted by molar-refractivity contribution is -0.394. The van der Waals surface area contributed by atoms with Gasteiger partial charge in [0.25, 0.3) is 21.7 Å². The summed E-state index contributed by atoms with van der Waals surface area (Å²) in [5.41, 5.74) is -2.88. The van der Waals surface area contributed by atoms with Gasteiger partial charge in [0, 0.05) is 31.6 Å². The van der Waals surface area contributed by atoms with E-state index in [-0.39, 0.29) is 37.6 Å². The molecule has 0 aliphatic rings. The third-order valence-electron chi connectivity index (χ3n) is 3.96. The number of nitrogens with one attached hydrogen (secondary N) is 1. The molecule has 34 heavy (non-hydrogen) atoms. The minimum Gasteiger partial charge on any atom is -0.362 e. The second-order valence-electron chi connectivity index (χ2n) is 6.48. The van der Waals surface area contributed by atoms with Gasteiger partial charge in [0.1, 0.15) is 5.69 Å². The number of hydrogen-bond donors (Lipinski definition) is 3. The first kappa shape index (κ1) is 29.6. The van der Waals surface area contributed by atoms with Gasteiger partial charge < -0.3 is 20.0 Å². The van der Waals surface area contributed by atoms with Crippen LogP contribution in [0.25, 0.3) is 0 Å². The number of hydrogen-bond acceptors (Lipinski definition) is 11. The van der Waals surface area contributed by atoms with Crippen molar-refractivity contribution in [2.24, 2.45) is 0 Å². The Morgan fingerprint density at radius 1 is 1.21 bits per heavy atom. The Labute approximate surface area is 198 Å². The quantitative estimate of drug-likeness (QED) is 0.0686. The van der Waals surface area contributed by atoms with E-state index in [1.807, 2.05) is 0 Å². The normalized spacial score (nSPS) is 11.8. The summed E-state index contributed by atoms with van der Waals surface area (Å²) >= 11 is 5.74. The molecule has 19 heteroatoms. The minimum atomic E-state index is -4.73. The van der Waals surface area contributed by atoms with Gasteiger partial charge in [0.2, 0.25) is 0 Å². The lowest BCUT2D eigenvalue weighted by atomic mass is 10.1. The van der Waals surface area contributed by atoms with Crippen molar-refractivity contribution < 1.29 is 46.1 Å². The van der Waals surface area contributed by atoms with Gasteiger partial charge in [-0.1, -0.05) is 0 Å². The van der Waals surface area contributed by atoms with Crippen LogP contribution in [0.4, 0.5) is 17.1 Å². The first-order valence-electron chi connectivity index (χ1n) is 9.27. The number of alkyl halides is 1. The van der Waals surface area contributed by atoms with E-state index < -0.39 is 63.8 Å². The highest BCUT2D eigenvalue weighted by Crippen LogP contribution is 2.38. The summed E-state index contributed by atoms with van der Waals surface area (Å²) in [6.45, 7) is -1.40. The van der Waals surface area contributed by atoms with Gasteiger partial charge in [-0.05, 0) is 12.5 Å². The van der Waals surface area contributed by atoms with E-state index in [2.05, 4.69) is 14.0 Å². The average molecular weight is 549 g/mol. The summed E-state index contributed by atoms with van der Waals surface area (Å²) in [4.78, 5) is 52.5. The zero-order valence-electron chi connectivity index (χ0n) is 17.7. The lowest BCUT2D eigenvalue weighted by Gasteiger charge is -2.24. The van der Waals surface area contributed by atoms with E-state index in [4.69, 9.17) is 21.4 Å². The van der Waals surface area contributed by atoms with Crippen LogP contribution in [0.1, 0.15) is 16.8 Å². The monoisotopic (exact) mass is 548 g/mol. The number of nitrogens with zero attached hydrogens (tertiary/aromatic N) is 3. The van der Waals surface area contributed by atoms with E-state index in [1.165, 1.54) is 4.90 Å². The number of halogens is 1. The zero-order chi connectivity index (χ0) is 26.1. The SMILES string of the molecule is CS(=O)(=O)OCCN(CCCl)c1ccc([N+](=O)[O-])c(C(=O)NCCCOP(=O)(O)O)c1[N+](=O)[O-]. The van der Waals surface area contributed by atoms with E-state index in [9.17, 15) is 38.0 Å². The molecule has 0 aliphatic heterocycles. The second kappa shape index (κ2) is 12.9. The van der Waals surface area contributed by atoms with Gasteiger partial charge in [0.15, 0.2) is 5.56 Å². The number of anilines is 1. The van der Waals surface area contributed by atoms with Gasteiger partial charge in [-0.3, -0.25) is 33.7 Å². The number of phosphoric ester groups is 1. The maximum absolute atomic E-state index is 12.7. The highest BCUT2D eigenvalue weighted by atomic mass is 35.5. The van der Waals surface area contributed by atoms with Crippen LogP contribution in [0, 0.1) is 20.2 Å². The highest BCUT2D eigenvalue weighted by molar-refractivity contribution is 7.85. The predicted octanol–water partition coefficient (Wildman–Crippen LogP) is 0.754. The molecule has 0 saturated heterocycles. The summed E-state index contributed by atoms with van der Waals surface area (Å²) in [6.07, 6.45) is 0.694. The Balaban J connectivity index is 3.31. The van der Waals surface area contributed by atoms with Crippen LogP contribution in [-0.4, -0.2) is 78.9 Å². The van der Waals surface area contributed by atoms with Gasteiger partial charge in [-0.25, -0.2) is 4.57 Å². The number of amides is 1. The average Bonchev–Trinajstić information content (AvgIpc) is 2.69. The summed E-state index contributed by atoms with van der Waals surface area (Å²) in [6, 6.07) is 1.92. The fraction of sp³-hybridized carbons (Fsp3) is 0.533. The fourth-order valence-corrected chi connectivity index (χ4v) is 3.63. The van der Waals surface area contributed by atoms with Crippen molar-refractivity contribution in [3.8, 4) is 0 Å². The second-order valence-corrected chi connectivity index (χ2v) is 9.74. The molecule has 192 valence electrons. The van der Waals surface area contributed by atoms with Gasteiger partial charge in [-0.2, -0.15) is 8.42 Å². The number of carbonyl (C=O) groups excluding carboxylic acids is 1. The van der Waals surface area contributed by atoms with Crippen molar-refractivity contribution in [2.45, 2.75) is 6.42 Å². The molecule has 0 atom stereocenters. The van der Waals surface area contributed by atoms with E-state index in [1.54, 1.807) is 0 Å². The van der Waals surface area contributed by atoms with Crippen LogP contribution in [0.5, 0.6) is 0 Å². The summed E-state index contributed by atoms with van der Waals surface area (Å²) in [5, 5.41) is 25.5. The Morgan fingerprint density at radius 3 is 2.35 bits per heavy atom. The number of benzene rings is 1. The minimum absolute atomic E-state index is 0.0475. The molecule has 1 rings (SSSR count). The molecule has 0 radical (unpaired) electrons. The van der Waals surface area contributed by atoms with Crippen LogP contribution < -0.4 is 10.2 Å². The van der Waals surface area contributed by atoms with Crippen LogP contribution in [0.2, 0.25) is 0 Å². The van der Waals surface area contributed by atoms with E-state index in [0.29, 0.717) is 0 Å². The Hall–Kier alpha value is -2.40. The van der Waals surface area contributed by atoms with Crippen LogP contribution >= 0.6 is 19.4 Å². The number of rotatable bonds is 15. The van der Waals surface area contributed by atoms with E-state index in [0.717, 1.165) is 18.4 Å². The molecule has 1 aromatic rings. The third-order valence-corrected chi connectivity index (χ3v) is 5.24. The first-order chi connectivity index (χ1) is 15.7. The van der Waals surface area contributed by atoms with E-state index >= 15 is 0 Å². The van der Waals surface area contributed by atoms with Crippen LogP contribution in [0.15, 0.2) is 12.1 Å². The maximum atomic E-state index is 12.7. The number of phosphoric acid groups is 1. The van der Waals surface area contributed by atoms with Crippen molar-refractivity contribution in [3.05, 3.63) is 37.9 Å². The predicted molar refractivity (Wildman–Crippen MR) is 118 cm³/mol.